The van der Waals surface area contributed by atoms with Gasteiger partial charge in [0.05, 0.1) is 4.90 Å². The van der Waals surface area contributed by atoms with E-state index in [0.29, 0.717) is 29.8 Å². The Balaban J connectivity index is 1.86. The van der Waals surface area contributed by atoms with Crippen molar-refractivity contribution in [3.8, 4) is 0 Å². The maximum atomic E-state index is 12.7. The van der Waals surface area contributed by atoms with E-state index < -0.39 is 10.0 Å². The summed E-state index contributed by atoms with van der Waals surface area (Å²) in [5.41, 5.74) is 6.08. The number of sulfonamides is 1. The van der Waals surface area contributed by atoms with E-state index in [1.807, 2.05) is 12.3 Å². The van der Waals surface area contributed by atoms with Gasteiger partial charge < -0.3 is 5.73 Å². The molecule has 0 radical (unpaired) electrons. The Kier molecular flexibility index (Phi) is 3.83. The van der Waals surface area contributed by atoms with Crippen molar-refractivity contribution in [2.45, 2.75) is 28.7 Å². The van der Waals surface area contributed by atoms with Crippen LogP contribution in [0.3, 0.4) is 0 Å². The summed E-state index contributed by atoms with van der Waals surface area (Å²) >= 11 is 1.56. The Morgan fingerprint density at radius 1 is 1.30 bits per heavy atom. The second-order valence-corrected chi connectivity index (χ2v) is 8.48. The van der Waals surface area contributed by atoms with Gasteiger partial charge in [0.25, 0.3) is 0 Å². The van der Waals surface area contributed by atoms with E-state index in [-0.39, 0.29) is 6.04 Å². The molecule has 4 nitrogen and oxygen atoms in total. The van der Waals surface area contributed by atoms with Gasteiger partial charge in [0, 0.05) is 24.0 Å². The zero-order chi connectivity index (χ0) is 14.3. The van der Waals surface area contributed by atoms with Crippen LogP contribution in [-0.4, -0.2) is 38.1 Å². The van der Waals surface area contributed by atoms with Crippen molar-refractivity contribution in [2.24, 2.45) is 17.6 Å². The summed E-state index contributed by atoms with van der Waals surface area (Å²) in [6.07, 6.45) is 4.04. The van der Waals surface area contributed by atoms with Crippen LogP contribution in [0.4, 0.5) is 0 Å². The average Bonchev–Trinajstić information content (AvgIpc) is 3.02. The van der Waals surface area contributed by atoms with Crippen LogP contribution in [0, 0.1) is 11.8 Å². The number of fused-ring (bicyclic) bond motifs is 1. The summed E-state index contributed by atoms with van der Waals surface area (Å²) in [6, 6.07) is 7.34. The Morgan fingerprint density at radius 3 is 2.80 bits per heavy atom. The maximum Gasteiger partial charge on any atom is 0.243 e. The highest BCUT2D eigenvalue weighted by molar-refractivity contribution is 7.98. The molecule has 110 valence electrons. The van der Waals surface area contributed by atoms with E-state index in [9.17, 15) is 8.42 Å². The molecule has 1 aliphatic heterocycles. The van der Waals surface area contributed by atoms with Crippen molar-refractivity contribution < 1.29 is 8.42 Å². The lowest BCUT2D eigenvalue weighted by Crippen LogP contribution is -2.33. The lowest BCUT2D eigenvalue weighted by atomic mass is 9.98. The van der Waals surface area contributed by atoms with Crippen molar-refractivity contribution in [3.63, 3.8) is 0 Å². The first-order valence-electron chi connectivity index (χ1n) is 6.92. The summed E-state index contributed by atoms with van der Waals surface area (Å²) in [5, 5.41) is 0. The quantitative estimate of drug-likeness (QED) is 0.864. The SMILES string of the molecule is CSc1cccc(S(=O)(=O)N2CC3CCC(N)C3C2)c1. The molecule has 3 rings (SSSR count). The van der Waals surface area contributed by atoms with E-state index in [2.05, 4.69) is 0 Å². The maximum absolute atomic E-state index is 12.7. The zero-order valence-electron chi connectivity index (χ0n) is 11.5. The molecule has 2 aliphatic rings. The minimum atomic E-state index is -3.37. The van der Waals surface area contributed by atoms with Gasteiger partial charge in [-0.2, -0.15) is 4.31 Å². The second-order valence-electron chi connectivity index (χ2n) is 5.67. The number of benzene rings is 1. The van der Waals surface area contributed by atoms with Gasteiger partial charge in [0.1, 0.15) is 0 Å². The molecule has 1 saturated carbocycles. The van der Waals surface area contributed by atoms with E-state index >= 15 is 0 Å². The molecule has 1 aromatic rings. The Hall–Kier alpha value is -0.560. The van der Waals surface area contributed by atoms with Crippen LogP contribution in [0.2, 0.25) is 0 Å². The summed E-state index contributed by atoms with van der Waals surface area (Å²) in [6.45, 7) is 1.21. The van der Waals surface area contributed by atoms with Crippen LogP contribution in [0.25, 0.3) is 0 Å². The summed E-state index contributed by atoms with van der Waals surface area (Å²) in [5.74, 6) is 0.789. The first-order chi connectivity index (χ1) is 9.52. The molecule has 0 aromatic heterocycles. The highest BCUT2D eigenvalue weighted by atomic mass is 32.2. The van der Waals surface area contributed by atoms with E-state index in [1.54, 1.807) is 34.3 Å². The van der Waals surface area contributed by atoms with E-state index in [1.165, 1.54) is 0 Å². The fourth-order valence-electron chi connectivity index (χ4n) is 3.37. The van der Waals surface area contributed by atoms with Crippen molar-refractivity contribution in [3.05, 3.63) is 24.3 Å². The van der Waals surface area contributed by atoms with Gasteiger partial charge >= 0.3 is 0 Å². The molecule has 0 spiro atoms. The Morgan fingerprint density at radius 2 is 2.10 bits per heavy atom. The number of hydrogen-bond acceptors (Lipinski definition) is 4. The lowest BCUT2D eigenvalue weighted by molar-refractivity contribution is 0.427. The molecule has 3 atom stereocenters. The number of rotatable bonds is 3. The number of hydrogen-bond donors (Lipinski definition) is 1. The fraction of sp³-hybridized carbons (Fsp3) is 0.571. The molecule has 1 heterocycles. The molecule has 0 amide bonds. The highest BCUT2D eigenvalue weighted by Crippen LogP contribution is 2.39. The molecule has 2 fully saturated rings. The number of nitrogens with two attached hydrogens (primary N) is 1. The number of thioether (sulfide) groups is 1. The minimum Gasteiger partial charge on any atom is -0.327 e. The molecule has 6 heteroatoms. The summed E-state index contributed by atoms with van der Waals surface area (Å²) in [4.78, 5) is 1.38. The van der Waals surface area contributed by atoms with Gasteiger partial charge in [0.15, 0.2) is 0 Å². The van der Waals surface area contributed by atoms with Crippen molar-refractivity contribution in [1.82, 2.24) is 4.31 Å². The zero-order valence-corrected chi connectivity index (χ0v) is 13.2. The third-order valence-electron chi connectivity index (χ3n) is 4.56. The molecule has 20 heavy (non-hydrogen) atoms. The first-order valence-corrected chi connectivity index (χ1v) is 9.58. The lowest BCUT2D eigenvalue weighted by Gasteiger charge is -2.19. The summed E-state index contributed by atoms with van der Waals surface area (Å²) < 4.78 is 27.1. The third-order valence-corrected chi connectivity index (χ3v) is 7.11. The normalized spacial score (nSPS) is 30.6. The van der Waals surface area contributed by atoms with Gasteiger partial charge in [-0.25, -0.2) is 8.42 Å². The monoisotopic (exact) mass is 312 g/mol. The molecule has 3 unspecified atom stereocenters. The molecule has 0 bridgehead atoms. The molecule has 2 N–H and O–H groups in total. The molecule has 1 aromatic carbocycles. The molecular formula is C14H20N2O2S2. The van der Waals surface area contributed by atoms with E-state index in [0.717, 1.165) is 17.7 Å². The van der Waals surface area contributed by atoms with Gasteiger partial charge in [0.2, 0.25) is 10.0 Å². The van der Waals surface area contributed by atoms with Gasteiger partial charge in [-0.05, 0) is 49.1 Å². The van der Waals surface area contributed by atoms with Crippen molar-refractivity contribution in [1.29, 1.82) is 0 Å². The highest BCUT2D eigenvalue weighted by Gasteiger charge is 2.45. The van der Waals surface area contributed by atoms with Crippen molar-refractivity contribution >= 4 is 21.8 Å². The largest absolute Gasteiger partial charge is 0.327 e. The Labute approximate surface area is 124 Å². The molecule has 1 aliphatic carbocycles. The fourth-order valence-corrected chi connectivity index (χ4v) is 5.49. The van der Waals surface area contributed by atoms with Crippen molar-refractivity contribution in [2.75, 3.05) is 19.3 Å². The third kappa shape index (κ3) is 2.39. The smallest absolute Gasteiger partial charge is 0.243 e. The predicted molar refractivity (Wildman–Crippen MR) is 81.2 cm³/mol. The van der Waals surface area contributed by atoms with E-state index in [4.69, 9.17) is 5.73 Å². The van der Waals surface area contributed by atoms with Crippen LogP contribution < -0.4 is 5.73 Å². The predicted octanol–water partition coefficient (Wildman–Crippen LogP) is 1.77. The minimum absolute atomic E-state index is 0.165. The molecular weight excluding hydrogens is 292 g/mol. The van der Waals surface area contributed by atoms with Crippen LogP contribution in [-0.2, 0) is 10.0 Å². The van der Waals surface area contributed by atoms with Crippen LogP contribution in [0.5, 0.6) is 0 Å². The van der Waals surface area contributed by atoms with Gasteiger partial charge in [-0.15, -0.1) is 11.8 Å². The van der Waals surface area contributed by atoms with Crippen LogP contribution in [0.15, 0.2) is 34.1 Å². The topological polar surface area (TPSA) is 63.4 Å². The average molecular weight is 312 g/mol. The van der Waals surface area contributed by atoms with Crippen LogP contribution in [0.1, 0.15) is 12.8 Å². The first kappa shape index (κ1) is 14.4. The molecule has 1 saturated heterocycles. The standard InChI is InChI=1S/C14H20N2O2S2/c1-19-11-3-2-4-12(7-11)20(17,18)16-8-10-5-6-14(15)13(10)9-16/h2-4,7,10,13-14H,5-6,8-9,15H2,1H3. The van der Waals surface area contributed by atoms with Crippen LogP contribution >= 0.6 is 11.8 Å². The Bertz CT molecular complexity index is 603. The summed E-state index contributed by atoms with van der Waals surface area (Å²) in [7, 11) is -3.37. The van der Waals surface area contributed by atoms with Gasteiger partial charge in [-0.1, -0.05) is 6.07 Å². The second kappa shape index (κ2) is 5.33. The van der Waals surface area contributed by atoms with Gasteiger partial charge in [-0.3, -0.25) is 0 Å². The number of nitrogens with zero attached hydrogens (tertiary/aromatic N) is 1.